The fraction of sp³-hybridized carbons (Fsp3) is 0.923. The zero-order valence-corrected chi connectivity index (χ0v) is 11.6. The van der Waals surface area contributed by atoms with E-state index in [1.807, 2.05) is 13.8 Å². The normalized spacial score (nSPS) is 15.6. The zero-order chi connectivity index (χ0) is 12.8. The molecule has 3 heteroatoms. The number of esters is 1. The van der Waals surface area contributed by atoms with Crippen molar-refractivity contribution < 1.29 is 9.53 Å². The van der Waals surface area contributed by atoms with Gasteiger partial charge in [0.1, 0.15) is 6.04 Å². The Kier molecular flexibility index (Phi) is 6.65. The van der Waals surface area contributed by atoms with Crippen LogP contribution in [0.5, 0.6) is 0 Å². The Morgan fingerprint density at radius 3 is 2.25 bits per heavy atom. The van der Waals surface area contributed by atoms with E-state index >= 15 is 0 Å². The maximum atomic E-state index is 11.6. The van der Waals surface area contributed by atoms with Gasteiger partial charge in [-0.15, -0.1) is 0 Å². The summed E-state index contributed by atoms with van der Waals surface area (Å²) >= 11 is 0. The summed E-state index contributed by atoms with van der Waals surface area (Å²) in [5, 5.41) is 3.29. The van der Waals surface area contributed by atoms with Crippen LogP contribution in [-0.4, -0.2) is 25.2 Å². The van der Waals surface area contributed by atoms with Crippen LogP contribution in [0.1, 0.15) is 48.0 Å². The van der Waals surface area contributed by atoms with Crippen molar-refractivity contribution in [1.82, 2.24) is 5.32 Å². The molecule has 0 spiro atoms. The van der Waals surface area contributed by atoms with E-state index in [1.165, 1.54) is 0 Å². The highest BCUT2D eigenvalue weighted by atomic mass is 16.5. The lowest BCUT2D eigenvalue weighted by molar-refractivity contribution is -0.145. The van der Waals surface area contributed by atoms with Crippen LogP contribution in [0.15, 0.2) is 0 Å². The number of carbonyl (C=O) groups is 1. The monoisotopic (exact) mass is 229 g/mol. The average Bonchev–Trinajstić information content (AvgIpc) is 2.17. The molecule has 0 radical (unpaired) electrons. The Bertz CT molecular complexity index is 208. The number of nitrogens with one attached hydrogen (secondary N) is 1. The molecule has 0 rings (SSSR count). The van der Waals surface area contributed by atoms with Gasteiger partial charge in [0.25, 0.3) is 0 Å². The summed E-state index contributed by atoms with van der Waals surface area (Å²) < 4.78 is 5.01. The van der Waals surface area contributed by atoms with Crippen LogP contribution in [0.4, 0.5) is 0 Å². The Balaban J connectivity index is 4.10. The van der Waals surface area contributed by atoms with Gasteiger partial charge in [0.15, 0.2) is 0 Å². The largest absolute Gasteiger partial charge is 0.465 e. The minimum Gasteiger partial charge on any atom is -0.465 e. The first-order valence-electron chi connectivity index (χ1n) is 6.22. The van der Waals surface area contributed by atoms with Crippen molar-refractivity contribution in [3.8, 4) is 0 Å². The molecule has 0 heterocycles. The second kappa shape index (κ2) is 6.89. The molecule has 0 fully saturated rings. The summed E-state index contributed by atoms with van der Waals surface area (Å²) in [6.07, 6.45) is 0.774. The molecule has 16 heavy (non-hydrogen) atoms. The average molecular weight is 229 g/mol. The Morgan fingerprint density at radius 1 is 1.31 bits per heavy atom. The molecule has 0 aromatic carbocycles. The topological polar surface area (TPSA) is 38.3 Å². The van der Waals surface area contributed by atoms with E-state index in [1.54, 1.807) is 0 Å². The van der Waals surface area contributed by atoms with Gasteiger partial charge in [-0.3, -0.25) is 4.79 Å². The zero-order valence-electron chi connectivity index (χ0n) is 11.6. The molecule has 0 aromatic rings. The molecule has 1 N–H and O–H groups in total. The van der Waals surface area contributed by atoms with E-state index in [2.05, 4.69) is 33.0 Å². The highest BCUT2D eigenvalue weighted by molar-refractivity contribution is 5.75. The first-order valence-corrected chi connectivity index (χ1v) is 6.22. The molecule has 0 saturated carbocycles. The summed E-state index contributed by atoms with van der Waals surface area (Å²) in [4.78, 5) is 11.6. The van der Waals surface area contributed by atoms with Gasteiger partial charge in [0.05, 0.1) is 6.61 Å². The van der Waals surface area contributed by atoms with Crippen molar-refractivity contribution in [2.24, 2.45) is 11.3 Å². The Hall–Kier alpha value is -0.570. The molecule has 96 valence electrons. The van der Waals surface area contributed by atoms with Crippen LogP contribution in [0.2, 0.25) is 0 Å². The van der Waals surface area contributed by atoms with Gasteiger partial charge in [0, 0.05) is 0 Å². The molecule has 2 atom stereocenters. The van der Waals surface area contributed by atoms with Crippen LogP contribution in [0, 0.1) is 11.3 Å². The number of carbonyl (C=O) groups excluding carboxylic acids is 1. The Labute approximate surface area is 99.9 Å². The molecule has 0 aliphatic carbocycles. The molecular formula is C13H27NO2. The molecule has 2 unspecified atom stereocenters. The highest BCUT2D eigenvalue weighted by Gasteiger charge is 2.23. The quantitative estimate of drug-likeness (QED) is 0.711. The number of hydrogen-bond acceptors (Lipinski definition) is 3. The lowest BCUT2D eigenvalue weighted by Crippen LogP contribution is -2.41. The van der Waals surface area contributed by atoms with Gasteiger partial charge >= 0.3 is 5.97 Å². The van der Waals surface area contributed by atoms with Crippen molar-refractivity contribution in [2.45, 2.75) is 54.0 Å². The second-order valence-corrected chi connectivity index (χ2v) is 5.39. The third-order valence-electron chi connectivity index (χ3n) is 3.13. The molecule has 0 aromatic heterocycles. The molecule has 0 bridgehead atoms. The first kappa shape index (κ1) is 15.4. The lowest BCUT2D eigenvalue weighted by atomic mass is 9.82. The minimum atomic E-state index is -0.162. The summed E-state index contributed by atoms with van der Waals surface area (Å²) in [7, 11) is 0. The van der Waals surface area contributed by atoms with Crippen LogP contribution in [-0.2, 0) is 9.53 Å². The summed E-state index contributed by atoms with van der Waals surface area (Å²) in [5.41, 5.74) is 0.264. The molecule has 0 aliphatic rings. The van der Waals surface area contributed by atoms with E-state index < -0.39 is 0 Å². The van der Waals surface area contributed by atoms with Crippen LogP contribution in [0.25, 0.3) is 0 Å². The maximum absolute atomic E-state index is 11.6. The molecular weight excluding hydrogens is 202 g/mol. The van der Waals surface area contributed by atoms with Gasteiger partial charge in [0.2, 0.25) is 0 Å². The smallest absolute Gasteiger partial charge is 0.323 e. The molecule has 0 aliphatic heterocycles. The van der Waals surface area contributed by atoms with Gasteiger partial charge in [-0.25, -0.2) is 0 Å². The fourth-order valence-electron chi connectivity index (χ4n) is 1.26. The number of ether oxygens (including phenoxy) is 1. The number of hydrogen-bond donors (Lipinski definition) is 1. The summed E-state index contributed by atoms with van der Waals surface area (Å²) in [6, 6.07) is -0.162. The van der Waals surface area contributed by atoms with Crippen molar-refractivity contribution in [3.05, 3.63) is 0 Å². The summed E-state index contributed by atoms with van der Waals surface area (Å²) in [6.45, 7) is 14.0. The van der Waals surface area contributed by atoms with E-state index in [4.69, 9.17) is 4.74 Å². The van der Waals surface area contributed by atoms with E-state index in [0.29, 0.717) is 12.5 Å². The third kappa shape index (κ3) is 5.50. The van der Waals surface area contributed by atoms with Crippen LogP contribution < -0.4 is 5.32 Å². The second-order valence-electron chi connectivity index (χ2n) is 5.39. The predicted molar refractivity (Wildman–Crippen MR) is 67.3 cm³/mol. The van der Waals surface area contributed by atoms with E-state index in [9.17, 15) is 4.79 Å². The van der Waals surface area contributed by atoms with Crippen molar-refractivity contribution in [1.29, 1.82) is 0 Å². The summed E-state index contributed by atoms with van der Waals surface area (Å²) in [5.74, 6) is 0.391. The highest BCUT2D eigenvalue weighted by Crippen LogP contribution is 2.24. The standard InChI is InChI=1S/C13H27NO2/c1-7-11(12(15)16-8-2)14-9-10(3)13(4,5)6/h10-11,14H,7-9H2,1-6H3. The molecule has 0 amide bonds. The van der Waals surface area contributed by atoms with Gasteiger partial charge < -0.3 is 10.1 Å². The number of rotatable bonds is 6. The van der Waals surface area contributed by atoms with Gasteiger partial charge in [-0.05, 0) is 31.2 Å². The van der Waals surface area contributed by atoms with Crippen LogP contribution in [0.3, 0.4) is 0 Å². The first-order chi connectivity index (χ1) is 7.32. The van der Waals surface area contributed by atoms with Crippen LogP contribution >= 0.6 is 0 Å². The Morgan fingerprint density at radius 2 is 1.88 bits per heavy atom. The van der Waals surface area contributed by atoms with E-state index in [0.717, 1.165) is 13.0 Å². The van der Waals surface area contributed by atoms with E-state index in [-0.39, 0.29) is 17.4 Å². The molecule has 0 saturated heterocycles. The maximum Gasteiger partial charge on any atom is 0.323 e. The minimum absolute atomic E-state index is 0.133. The molecule has 3 nitrogen and oxygen atoms in total. The third-order valence-corrected chi connectivity index (χ3v) is 3.13. The lowest BCUT2D eigenvalue weighted by Gasteiger charge is -2.28. The fourth-order valence-corrected chi connectivity index (χ4v) is 1.26. The van der Waals surface area contributed by atoms with Crippen molar-refractivity contribution in [3.63, 3.8) is 0 Å². The SMILES string of the molecule is CCOC(=O)C(CC)NCC(C)C(C)(C)C. The predicted octanol–water partition coefficient (Wildman–Crippen LogP) is 2.60. The van der Waals surface area contributed by atoms with Crippen molar-refractivity contribution >= 4 is 5.97 Å². The van der Waals surface area contributed by atoms with Crippen molar-refractivity contribution in [2.75, 3.05) is 13.2 Å². The van der Waals surface area contributed by atoms with Gasteiger partial charge in [-0.1, -0.05) is 34.6 Å². The van der Waals surface area contributed by atoms with Gasteiger partial charge in [-0.2, -0.15) is 0 Å².